The third kappa shape index (κ3) is 2.76. The lowest BCUT2D eigenvalue weighted by atomic mass is 10.0. The molecule has 98 valence electrons. The molecule has 0 amide bonds. The van der Waals surface area contributed by atoms with Crippen molar-refractivity contribution in [3.05, 3.63) is 18.1 Å². The van der Waals surface area contributed by atoms with Crippen LogP contribution in [0.5, 0.6) is 5.88 Å². The van der Waals surface area contributed by atoms with Gasteiger partial charge in [0.15, 0.2) is 0 Å². The van der Waals surface area contributed by atoms with Crippen LogP contribution < -0.4 is 4.74 Å². The molecule has 1 saturated heterocycles. The minimum Gasteiger partial charge on any atom is -0.480 e. The summed E-state index contributed by atoms with van der Waals surface area (Å²) in [7, 11) is 1.54. The van der Waals surface area contributed by atoms with Crippen molar-refractivity contribution in [2.75, 3.05) is 13.7 Å². The van der Waals surface area contributed by atoms with Crippen LogP contribution in [0.1, 0.15) is 25.0 Å². The van der Waals surface area contributed by atoms with Gasteiger partial charge in [-0.15, -0.1) is 0 Å². The van der Waals surface area contributed by atoms with E-state index in [0.717, 1.165) is 19.4 Å². The minimum absolute atomic E-state index is 0.425. The molecule has 0 aromatic carbocycles. The Kier molecular flexibility index (Phi) is 4.09. The average molecular weight is 251 g/mol. The quantitative estimate of drug-likeness (QED) is 0.857. The number of nitrogens with zero attached hydrogens (tertiary/aromatic N) is 3. The van der Waals surface area contributed by atoms with E-state index >= 15 is 0 Å². The van der Waals surface area contributed by atoms with Crippen LogP contribution in [0.2, 0.25) is 0 Å². The fraction of sp³-hybridized carbons (Fsp3) is 0.583. The summed E-state index contributed by atoms with van der Waals surface area (Å²) in [5, 5.41) is 9.20. The van der Waals surface area contributed by atoms with Gasteiger partial charge in [-0.25, -0.2) is 4.98 Å². The second-order valence-electron chi connectivity index (χ2n) is 4.33. The van der Waals surface area contributed by atoms with E-state index in [4.69, 9.17) is 4.74 Å². The summed E-state index contributed by atoms with van der Waals surface area (Å²) in [5.74, 6) is -0.301. The molecule has 1 fully saturated rings. The molecule has 0 saturated carbocycles. The highest BCUT2D eigenvalue weighted by molar-refractivity contribution is 5.73. The molecule has 1 aliphatic rings. The SMILES string of the molecule is COc1nccnc1CN1CCCCC1C(=O)O. The van der Waals surface area contributed by atoms with E-state index in [1.807, 2.05) is 4.90 Å². The van der Waals surface area contributed by atoms with Crippen LogP contribution >= 0.6 is 0 Å². The Morgan fingerprint density at radius 3 is 3.00 bits per heavy atom. The maximum atomic E-state index is 11.2. The molecule has 2 heterocycles. The number of carboxylic acids is 1. The van der Waals surface area contributed by atoms with Gasteiger partial charge in [-0.05, 0) is 19.4 Å². The largest absolute Gasteiger partial charge is 0.480 e. The van der Waals surface area contributed by atoms with Crippen LogP contribution in [0.4, 0.5) is 0 Å². The van der Waals surface area contributed by atoms with E-state index < -0.39 is 12.0 Å². The number of carbonyl (C=O) groups is 1. The summed E-state index contributed by atoms with van der Waals surface area (Å²) < 4.78 is 5.13. The van der Waals surface area contributed by atoms with E-state index in [9.17, 15) is 9.90 Å². The van der Waals surface area contributed by atoms with Gasteiger partial charge in [0.25, 0.3) is 0 Å². The first kappa shape index (κ1) is 12.8. The molecule has 6 nitrogen and oxygen atoms in total. The van der Waals surface area contributed by atoms with Crippen LogP contribution in [0.3, 0.4) is 0 Å². The van der Waals surface area contributed by atoms with Crippen molar-refractivity contribution in [2.45, 2.75) is 31.8 Å². The average Bonchev–Trinajstić information content (AvgIpc) is 2.40. The summed E-state index contributed by atoms with van der Waals surface area (Å²) in [6.07, 6.45) is 5.83. The molecule has 1 aliphatic heterocycles. The lowest BCUT2D eigenvalue weighted by Gasteiger charge is -2.32. The lowest BCUT2D eigenvalue weighted by molar-refractivity contribution is -0.144. The third-order valence-corrected chi connectivity index (χ3v) is 3.18. The highest BCUT2D eigenvalue weighted by atomic mass is 16.5. The summed E-state index contributed by atoms with van der Waals surface area (Å²) >= 11 is 0. The van der Waals surface area contributed by atoms with E-state index in [0.29, 0.717) is 24.5 Å². The first-order chi connectivity index (χ1) is 8.72. The molecular formula is C12H17N3O3. The molecule has 1 aromatic rings. The zero-order chi connectivity index (χ0) is 13.0. The number of aliphatic carboxylic acids is 1. The van der Waals surface area contributed by atoms with Crippen molar-refractivity contribution >= 4 is 5.97 Å². The fourth-order valence-corrected chi connectivity index (χ4v) is 2.29. The molecule has 1 unspecified atom stereocenters. The van der Waals surface area contributed by atoms with Gasteiger partial charge in [-0.3, -0.25) is 14.7 Å². The summed E-state index contributed by atoms with van der Waals surface area (Å²) in [6.45, 7) is 1.24. The fourth-order valence-electron chi connectivity index (χ4n) is 2.29. The van der Waals surface area contributed by atoms with Crippen LogP contribution in [0.15, 0.2) is 12.4 Å². The van der Waals surface area contributed by atoms with Crippen molar-refractivity contribution in [1.82, 2.24) is 14.9 Å². The Labute approximate surface area is 106 Å². The molecule has 1 N–H and O–H groups in total. The predicted octanol–water partition coefficient (Wildman–Crippen LogP) is 0.924. The maximum Gasteiger partial charge on any atom is 0.320 e. The lowest BCUT2D eigenvalue weighted by Crippen LogP contribution is -2.44. The molecule has 0 aliphatic carbocycles. The molecule has 0 radical (unpaired) electrons. The molecule has 1 atom stereocenters. The van der Waals surface area contributed by atoms with Crippen LogP contribution in [0, 0.1) is 0 Å². The van der Waals surface area contributed by atoms with Gasteiger partial charge in [-0.1, -0.05) is 6.42 Å². The third-order valence-electron chi connectivity index (χ3n) is 3.18. The molecular weight excluding hydrogens is 234 g/mol. The molecule has 1 aromatic heterocycles. The van der Waals surface area contributed by atoms with Crippen LogP contribution in [-0.2, 0) is 11.3 Å². The first-order valence-corrected chi connectivity index (χ1v) is 6.03. The number of likely N-dealkylation sites (tertiary alicyclic amines) is 1. The van der Waals surface area contributed by atoms with Crippen molar-refractivity contribution in [3.8, 4) is 5.88 Å². The summed E-state index contributed by atoms with van der Waals surface area (Å²) in [4.78, 5) is 21.4. The monoisotopic (exact) mass is 251 g/mol. The number of rotatable bonds is 4. The highest BCUT2D eigenvalue weighted by Crippen LogP contribution is 2.21. The first-order valence-electron chi connectivity index (χ1n) is 6.03. The molecule has 18 heavy (non-hydrogen) atoms. The summed E-state index contributed by atoms with van der Waals surface area (Å²) in [6, 6.07) is -0.425. The standard InChI is InChI=1S/C12H17N3O3/c1-18-11-9(13-5-6-14-11)8-15-7-3-2-4-10(15)12(16)17/h5-6,10H,2-4,7-8H2,1H3,(H,16,17). The number of piperidine rings is 1. The smallest absolute Gasteiger partial charge is 0.320 e. The van der Waals surface area contributed by atoms with Gasteiger partial charge in [0.05, 0.1) is 7.11 Å². The number of ether oxygens (including phenoxy) is 1. The molecule has 0 bridgehead atoms. The number of methoxy groups -OCH3 is 1. The molecule has 2 rings (SSSR count). The minimum atomic E-state index is -0.766. The number of aromatic nitrogens is 2. The van der Waals surface area contributed by atoms with E-state index in [2.05, 4.69) is 9.97 Å². The molecule has 6 heteroatoms. The van der Waals surface area contributed by atoms with Gasteiger partial charge in [-0.2, -0.15) is 0 Å². The summed E-state index contributed by atoms with van der Waals surface area (Å²) in [5.41, 5.74) is 0.688. The topological polar surface area (TPSA) is 75.6 Å². The van der Waals surface area contributed by atoms with Gasteiger partial charge >= 0.3 is 5.97 Å². The maximum absolute atomic E-state index is 11.2. The van der Waals surface area contributed by atoms with Gasteiger partial charge in [0, 0.05) is 18.9 Å². The normalized spacial score (nSPS) is 20.6. The van der Waals surface area contributed by atoms with Gasteiger partial charge < -0.3 is 9.84 Å². The van der Waals surface area contributed by atoms with Crippen molar-refractivity contribution in [2.24, 2.45) is 0 Å². The number of hydrogen-bond donors (Lipinski definition) is 1. The Bertz CT molecular complexity index is 425. The van der Waals surface area contributed by atoms with Crippen molar-refractivity contribution in [3.63, 3.8) is 0 Å². The molecule has 0 spiro atoms. The number of carboxylic acid groups (broad SMARTS) is 1. The zero-order valence-electron chi connectivity index (χ0n) is 10.4. The Morgan fingerprint density at radius 1 is 1.50 bits per heavy atom. The Morgan fingerprint density at radius 2 is 2.28 bits per heavy atom. The van der Waals surface area contributed by atoms with Crippen LogP contribution in [0.25, 0.3) is 0 Å². The van der Waals surface area contributed by atoms with Crippen molar-refractivity contribution in [1.29, 1.82) is 0 Å². The Hall–Kier alpha value is -1.69. The predicted molar refractivity (Wildman–Crippen MR) is 64.3 cm³/mol. The van der Waals surface area contributed by atoms with E-state index in [1.54, 1.807) is 19.5 Å². The second-order valence-corrected chi connectivity index (χ2v) is 4.33. The van der Waals surface area contributed by atoms with E-state index in [-0.39, 0.29) is 0 Å². The van der Waals surface area contributed by atoms with Gasteiger partial charge in [0.2, 0.25) is 5.88 Å². The second kappa shape index (κ2) is 5.77. The Balaban J connectivity index is 2.13. The van der Waals surface area contributed by atoms with Crippen LogP contribution in [-0.4, -0.2) is 45.6 Å². The van der Waals surface area contributed by atoms with Gasteiger partial charge in [0.1, 0.15) is 11.7 Å². The number of hydrogen-bond acceptors (Lipinski definition) is 5. The highest BCUT2D eigenvalue weighted by Gasteiger charge is 2.29. The van der Waals surface area contributed by atoms with E-state index in [1.165, 1.54) is 0 Å². The zero-order valence-corrected chi connectivity index (χ0v) is 10.4. The van der Waals surface area contributed by atoms with Crippen molar-refractivity contribution < 1.29 is 14.6 Å².